The summed E-state index contributed by atoms with van der Waals surface area (Å²) in [5.41, 5.74) is 1.62. The van der Waals surface area contributed by atoms with Crippen LogP contribution in [0, 0.1) is 0 Å². The van der Waals surface area contributed by atoms with Crippen molar-refractivity contribution < 1.29 is 22.7 Å². The third kappa shape index (κ3) is 3.01. The van der Waals surface area contributed by atoms with E-state index < -0.39 is 22.5 Å². The summed E-state index contributed by atoms with van der Waals surface area (Å²) in [6, 6.07) is 13.5. The molecule has 1 aromatic heterocycles. The van der Waals surface area contributed by atoms with E-state index in [0.717, 1.165) is 9.87 Å². The van der Waals surface area contributed by atoms with Crippen LogP contribution in [-0.4, -0.2) is 42.4 Å². The third-order valence-corrected chi connectivity index (χ3v) is 5.25. The molecule has 0 fully saturated rings. The van der Waals surface area contributed by atoms with Gasteiger partial charge in [-0.15, -0.1) is 0 Å². The lowest BCUT2D eigenvalue weighted by molar-refractivity contribution is -0.137. The Bertz CT molecular complexity index is 996. The van der Waals surface area contributed by atoms with Crippen LogP contribution in [0.25, 0.3) is 22.6 Å². The van der Waals surface area contributed by atoms with Gasteiger partial charge in [-0.05, 0) is 30.3 Å². The second-order valence-corrected chi connectivity index (χ2v) is 7.21. The van der Waals surface area contributed by atoms with Crippen LogP contribution in [0.5, 0.6) is 0 Å². The molecule has 0 amide bonds. The molecule has 24 heavy (non-hydrogen) atoms. The zero-order valence-corrected chi connectivity index (χ0v) is 13.5. The van der Waals surface area contributed by atoms with Gasteiger partial charge in [0, 0.05) is 12.6 Å². The number of fused-ring (bicyclic) bond motifs is 1. The molecule has 1 N–H and O–H groups in total. The Kier molecular flexibility index (Phi) is 4.08. The molecule has 2 aromatic carbocycles. The first kappa shape index (κ1) is 16.2. The molecule has 124 valence electrons. The Hall–Kier alpha value is -2.71. The van der Waals surface area contributed by atoms with Gasteiger partial charge >= 0.3 is 5.97 Å². The second kappa shape index (κ2) is 6.06. The first-order chi connectivity index (χ1) is 11.4. The van der Waals surface area contributed by atoms with Gasteiger partial charge in [0.1, 0.15) is 12.1 Å². The van der Waals surface area contributed by atoms with E-state index in [4.69, 9.17) is 9.52 Å². The molecule has 0 aliphatic rings. The van der Waals surface area contributed by atoms with Crippen molar-refractivity contribution in [1.82, 2.24) is 9.29 Å². The van der Waals surface area contributed by atoms with Crippen LogP contribution < -0.4 is 0 Å². The monoisotopic (exact) mass is 346 g/mol. The Balaban J connectivity index is 2.01. The minimum absolute atomic E-state index is 0.0355. The molecule has 0 saturated carbocycles. The Morgan fingerprint density at radius 1 is 1.21 bits per heavy atom. The maximum Gasteiger partial charge on any atom is 0.318 e. The number of aromatic nitrogens is 1. The summed E-state index contributed by atoms with van der Waals surface area (Å²) < 4.78 is 31.2. The quantitative estimate of drug-likeness (QED) is 0.760. The maximum atomic E-state index is 12.4. The summed E-state index contributed by atoms with van der Waals surface area (Å²) in [7, 11) is -2.70. The number of likely N-dealkylation sites (N-methyl/N-ethyl adjacent to an activating group) is 1. The lowest BCUT2D eigenvalue weighted by Gasteiger charge is -2.14. The van der Waals surface area contributed by atoms with Crippen LogP contribution in [-0.2, 0) is 14.8 Å². The normalized spacial score (nSPS) is 11.9. The molecular weight excluding hydrogens is 332 g/mol. The summed E-state index contributed by atoms with van der Waals surface area (Å²) in [6.45, 7) is -0.617. The predicted octanol–water partition coefficient (Wildman–Crippen LogP) is 2.20. The molecule has 1 heterocycles. The van der Waals surface area contributed by atoms with Gasteiger partial charge in [-0.2, -0.15) is 4.31 Å². The van der Waals surface area contributed by atoms with Crippen molar-refractivity contribution in [2.45, 2.75) is 4.90 Å². The Morgan fingerprint density at radius 2 is 1.92 bits per heavy atom. The number of hydrogen-bond acceptors (Lipinski definition) is 5. The molecular formula is C16H14N2O5S. The van der Waals surface area contributed by atoms with E-state index >= 15 is 0 Å². The van der Waals surface area contributed by atoms with Crippen LogP contribution in [0.4, 0.5) is 0 Å². The Labute approximate surface area is 138 Å². The van der Waals surface area contributed by atoms with E-state index in [2.05, 4.69) is 4.98 Å². The zero-order valence-electron chi connectivity index (χ0n) is 12.7. The van der Waals surface area contributed by atoms with Crippen molar-refractivity contribution in [3.05, 3.63) is 48.5 Å². The van der Waals surface area contributed by atoms with Crippen LogP contribution in [0.15, 0.2) is 57.8 Å². The number of oxazole rings is 1. The first-order valence-electron chi connectivity index (χ1n) is 7.02. The number of hydrogen-bond donors (Lipinski definition) is 1. The highest BCUT2D eigenvalue weighted by molar-refractivity contribution is 7.89. The van der Waals surface area contributed by atoms with Crippen molar-refractivity contribution >= 4 is 27.1 Å². The van der Waals surface area contributed by atoms with Gasteiger partial charge in [0.25, 0.3) is 0 Å². The van der Waals surface area contributed by atoms with Crippen molar-refractivity contribution in [2.75, 3.05) is 13.6 Å². The minimum atomic E-state index is -3.91. The standard InChI is InChI=1S/C16H14N2O5S/c1-18(10-15(19)20)24(21,22)12-7-8-14-13(9-12)17-16(23-14)11-5-3-2-4-6-11/h2-9H,10H2,1H3,(H,19,20). The van der Waals surface area contributed by atoms with Gasteiger partial charge < -0.3 is 9.52 Å². The molecule has 0 unspecified atom stereocenters. The predicted molar refractivity (Wildman–Crippen MR) is 86.9 cm³/mol. The lowest BCUT2D eigenvalue weighted by Crippen LogP contribution is -2.32. The highest BCUT2D eigenvalue weighted by Crippen LogP contribution is 2.26. The fourth-order valence-electron chi connectivity index (χ4n) is 2.23. The van der Waals surface area contributed by atoms with Gasteiger partial charge in [0.15, 0.2) is 5.58 Å². The van der Waals surface area contributed by atoms with Gasteiger partial charge in [-0.1, -0.05) is 18.2 Å². The van der Waals surface area contributed by atoms with Crippen LogP contribution >= 0.6 is 0 Å². The molecule has 7 nitrogen and oxygen atoms in total. The average Bonchev–Trinajstić information content (AvgIpc) is 2.98. The maximum absolute atomic E-state index is 12.4. The van der Waals surface area contributed by atoms with E-state index in [9.17, 15) is 13.2 Å². The summed E-state index contributed by atoms with van der Waals surface area (Å²) in [4.78, 5) is 15.0. The highest BCUT2D eigenvalue weighted by atomic mass is 32.2. The largest absolute Gasteiger partial charge is 0.480 e. The number of nitrogens with zero attached hydrogens (tertiary/aromatic N) is 2. The zero-order chi connectivity index (χ0) is 17.3. The van der Waals surface area contributed by atoms with E-state index in [0.29, 0.717) is 17.0 Å². The molecule has 0 aliphatic heterocycles. The number of sulfonamides is 1. The fraction of sp³-hybridized carbons (Fsp3) is 0.125. The smallest absolute Gasteiger partial charge is 0.318 e. The van der Waals surface area contributed by atoms with Crippen LogP contribution in [0.2, 0.25) is 0 Å². The highest BCUT2D eigenvalue weighted by Gasteiger charge is 2.23. The van der Waals surface area contributed by atoms with Crippen LogP contribution in [0.3, 0.4) is 0 Å². The van der Waals surface area contributed by atoms with Crippen molar-refractivity contribution in [3.8, 4) is 11.5 Å². The van der Waals surface area contributed by atoms with E-state index in [1.165, 1.54) is 25.2 Å². The number of aliphatic carboxylic acids is 1. The topological polar surface area (TPSA) is 101 Å². The molecule has 8 heteroatoms. The first-order valence-corrected chi connectivity index (χ1v) is 8.46. The summed E-state index contributed by atoms with van der Waals surface area (Å²) >= 11 is 0. The molecule has 0 spiro atoms. The second-order valence-electron chi connectivity index (χ2n) is 5.17. The summed E-state index contributed by atoms with van der Waals surface area (Å²) in [6.07, 6.45) is 0. The number of rotatable bonds is 5. The van der Waals surface area contributed by atoms with Gasteiger partial charge in [0.2, 0.25) is 15.9 Å². The van der Waals surface area contributed by atoms with Gasteiger partial charge in [-0.25, -0.2) is 13.4 Å². The number of benzene rings is 2. The molecule has 0 atom stereocenters. The Morgan fingerprint density at radius 3 is 2.58 bits per heavy atom. The lowest BCUT2D eigenvalue weighted by atomic mass is 10.2. The number of carboxylic acid groups (broad SMARTS) is 1. The molecule has 0 aliphatic carbocycles. The van der Waals surface area contributed by atoms with Gasteiger partial charge in [-0.3, -0.25) is 4.79 Å². The fourth-order valence-corrected chi connectivity index (χ4v) is 3.37. The number of carboxylic acids is 1. The number of carbonyl (C=O) groups is 1. The van der Waals surface area contributed by atoms with Crippen molar-refractivity contribution in [3.63, 3.8) is 0 Å². The molecule has 0 radical (unpaired) electrons. The van der Waals surface area contributed by atoms with E-state index in [1.807, 2.05) is 30.3 Å². The van der Waals surface area contributed by atoms with Gasteiger partial charge in [0.05, 0.1) is 4.90 Å². The molecule has 0 bridgehead atoms. The molecule has 3 rings (SSSR count). The van der Waals surface area contributed by atoms with Crippen LogP contribution in [0.1, 0.15) is 0 Å². The van der Waals surface area contributed by atoms with E-state index in [1.54, 1.807) is 0 Å². The van der Waals surface area contributed by atoms with Crippen molar-refractivity contribution in [1.29, 1.82) is 0 Å². The average molecular weight is 346 g/mol. The molecule has 0 saturated heterocycles. The van der Waals surface area contributed by atoms with E-state index in [-0.39, 0.29) is 4.90 Å². The minimum Gasteiger partial charge on any atom is -0.480 e. The SMILES string of the molecule is CN(CC(=O)O)S(=O)(=O)c1ccc2oc(-c3ccccc3)nc2c1. The molecule has 3 aromatic rings. The summed E-state index contributed by atoms with van der Waals surface area (Å²) in [5, 5.41) is 8.76. The third-order valence-electron chi connectivity index (χ3n) is 3.45. The summed E-state index contributed by atoms with van der Waals surface area (Å²) in [5.74, 6) is -0.839. The van der Waals surface area contributed by atoms with Crippen molar-refractivity contribution in [2.24, 2.45) is 0 Å².